The van der Waals surface area contributed by atoms with Gasteiger partial charge in [-0.15, -0.1) is 0 Å². The van der Waals surface area contributed by atoms with Crippen LogP contribution in [0.4, 0.5) is 0 Å². The lowest BCUT2D eigenvalue weighted by Gasteiger charge is -2.25. The van der Waals surface area contributed by atoms with E-state index in [1.807, 2.05) is 6.92 Å². The van der Waals surface area contributed by atoms with Gasteiger partial charge in [0.2, 0.25) is 5.91 Å². The average molecular weight is 270 g/mol. The van der Waals surface area contributed by atoms with Gasteiger partial charge in [0.1, 0.15) is 0 Å². The molecule has 1 heterocycles. The molecule has 1 saturated heterocycles. The van der Waals surface area contributed by atoms with Crippen molar-refractivity contribution < 1.29 is 10.0 Å². The molecule has 1 aliphatic rings. The van der Waals surface area contributed by atoms with E-state index in [1.165, 1.54) is 12.8 Å². The molecule has 0 aromatic heterocycles. The van der Waals surface area contributed by atoms with Crippen LogP contribution in [0.1, 0.15) is 32.6 Å². The van der Waals surface area contributed by atoms with Crippen LogP contribution < -0.4 is 5.73 Å². The molecular weight excluding hydrogens is 244 g/mol. The van der Waals surface area contributed by atoms with Gasteiger partial charge in [-0.3, -0.25) is 4.79 Å². The van der Waals surface area contributed by atoms with Crippen LogP contribution in [0.5, 0.6) is 0 Å². The van der Waals surface area contributed by atoms with Gasteiger partial charge < -0.3 is 20.7 Å². The molecule has 3 N–H and O–H groups in total. The van der Waals surface area contributed by atoms with E-state index in [4.69, 9.17) is 10.9 Å². The van der Waals surface area contributed by atoms with E-state index in [9.17, 15) is 4.79 Å². The number of nitrogens with zero attached hydrogens (tertiary/aromatic N) is 3. The van der Waals surface area contributed by atoms with E-state index in [-0.39, 0.29) is 11.7 Å². The highest BCUT2D eigenvalue weighted by Crippen LogP contribution is 2.11. The third-order valence-corrected chi connectivity index (χ3v) is 3.67. The minimum atomic E-state index is -0.501. The van der Waals surface area contributed by atoms with Gasteiger partial charge >= 0.3 is 0 Å². The molecule has 0 aromatic carbocycles. The Morgan fingerprint density at radius 1 is 1.47 bits per heavy atom. The maximum atomic E-state index is 12.3. The largest absolute Gasteiger partial charge is 0.409 e. The van der Waals surface area contributed by atoms with Crippen LogP contribution in [-0.2, 0) is 4.79 Å². The Balaban J connectivity index is 2.47. The fourth-order valence-electron chi connectivity index (χ4n) is 2.43. The standard InChI is InChI=1S/C13H26N4O2/c1-3-6-11(12(14)15-19)13(18)16(2)9-10-17-7-4-5-8-17/h11,19H,3-10H2,1-2H3,(H2,14,15). The number of rotatable bonds is 7. The second-order valence-electron chi connectivity index (χ2n) is 5.17. The lowest BCUT2D eigenvalue weighted by atomic mass is 10.0. The van der Waals surface area contributed by atoms with Crippen molar-refractivity contribution in [3.8, 4) is 0 Å². The zero-order valence-corrected chi connectivity index (χ0v) is 12.0. The van der Waals surface area contributed by atoms with Crippen LogP contribution in [-0.4, -0.2) is 60.0 Å². The Morgan fingerprint density at radius 2 is 2.11 bits per heavy atom. The van der Waals surface area contributed by atoms with Crippen LogP contribution in [0.2, 0.25) is 0 Å². The fraction of sp³-hybridized carbons (Fsp3) is 0.846. The van der Waals surface area contributed by atoms with Crippen LogP contribution in [0.15, 0.2) is 5.16 Å². The minimum Gasteiger partial charge on any atom is -0.409 e. The number of nitrogens with two attached hydrogens (primary N) is 1. The summed E-state index contributed by atoms with van der Waals surface area (Å²) in [6.45, 7) is 5.82. The van der Waals surface area contributed by atoms with E-state index < -0.39 is 5.92 Å². The molecular formula is C13H26N4O2. The fourth-order valence-corrected chi connectivity index (χ4v) is 2.43. The Labute approximate surface area is 115 Å². The normalized spacial score (nSPS) is 18.5. The topological polar surface area (TPSA) is 82.2 Å². The Bertz CT molecular complexity index is 314. The molecule has 0 bridgehead atoms. The van der Waals surface area contributed by atoms with E-state index in [0.29, 0.717) is 13.0 Å². The lowest BCUT2D eigenvalue weighted by Crippen LogP contribution is -2.42. The average Bonchev–Trinajstić information content (AvgIpc) is 2.93. The van der Waals surface area contributed by atoms with E-state index in [1.54, 1.807) is 11.9 Å². The Morgan fingerprint density at radius 3 is 2.63 bits per heavy atom. The lowest BCUT2D eigenvalue weighted by molar-refractivity contribution is -0.132. The summed E-state index contributed by atoms with van der Waals surface area (Å²) in [7, 11) is 1.78. The number of hydrogen-bond donors (Lipinski definition) is 2. The molecule has 6 heteroatoms. The highest BCUT2D eigenvalue weighted by molar-refractivity contribution is 6.01. The second-order valence-corrected chi connectivity index (χ2v) is 5.17. The number of likely N-dealkylation sites (N-methyl/N-ethyl adjacent to an activating group) is 1. The van der Waals surface area contributed by atoms with Crippen LogP contribution in [0.25, 0.3) is 0 Å². The molecule has 1 amide bonds. The highest BCUT2D eigenvalue weighted by Gasteiger charge is 2.25. The first-order chi connectivity index (χ1) is 9.10. The van der Waals surface area contributed by atoms with Crippen LogP contribution >= 0.6 is 0 Å². The first-order valence-electron chi connectivity index (χ1n) is 7.04. The molecule has 0 spiro atoms. The first-order valence-corrected chi connectivity index (χ1v) is 7.04. The number of amidine groups is 1. The predicted molar refractivity (Wildman–Crippen MR) is 75.1 cm³/mol. The third kappa shape index (κ3) is 4.70. The molecule has 19 heavy (non-hydrogen) atoms. The van der Waals surface area contributed by atoms with Crippen molar-refractivity contribution in [3.63, 3.8) is 0 Å². The summed E-state index contributed by atoms with van der Waals surface area (Å²) >= 11 is 0. The third-order valence-electron chi connectivity index (χ3n) is 3.67. The number of carbonyl (C=O) groups is 1. The van der Waals surface area contributed by atoms with E-state index in [0.717, 1.165) is 26.1 Å². The summed E-state index contributed by atoms with van der Waals surface area (Å²) in [6.07, 6.45) is 3.94. The monoisotopic (exact) mass is 270 g/mol. The van der Waals surface area contributed by atoms with E-state index >= 15 is 0 Å². The number of amides is 1. The smallest absolute Gasteiger partial charge is 0.233 e. The van der Waals surface area contributed by atoms with Gasteiger partial charge in [0, 0.05) is 20.1 Å². The molecule has 0 saturated carbocycles. The molecule has 1 rings (SSSR count). The summed E-state index contributed by atoms with van der Waals surface area (Å²) < 4.78 is 0. The maximum absolute atomic E-state index is 12.3. The maximum Gasteiger partial charge on any atom is 0.233 e. The number of carbonyl (C=O) groups excluding carboxylic acids is 1. The highest BCUT2D eigenvalue weighted by atomic mass is 16.4. The van der Waals surface area contributed by atoms with Crippen molar-refractivity contribution in [3.05, 3.63) is 0 Å². The summed E-state index contributed by atoms with van der Waals surface area (Å²) in [5.74, 6) is -0.546. The van der Waals surface area contributed by atoms with Gasteiger partial charge in [-0.25, -0.2) is 0 Å². The van der Waals surface area contributed by atoms with E-state index in [2.05, 4.69) is 10.1 Å². The molecule has 6 nitrogen and oxygen atoms in total. The van der Waals surface area contributed by atoms with Gasteiger partial charge in [-0.2, -0.15) is 0 Å². The Hall–Kier alpha value is -1.30. The van der Waals surface area contributed by atoms with Gasteiger partial charge in [-0.1, -0.05) is 18.5 Å². The summed E-state index contributed by atoms with van der Waals surface area (Å²) in [5, 5.41) is 11.7. The number of likely N-dealkylation sites (tertiary alicyclic amines) is 1. The molecule has 1 atom stereocenters. The van der Waals surface area contributed by atoms with Crippen LogP contribution in [0, 0.1) is 5.92 Å². The second kappa shape index (κ2) is 7.99. The van der Waals surface area contributed by atoms with Crippen molar-refractivity contribution in [2.24, 2.45) is 16.8 Å². The van der Waals surface area contributed by atoms with Gasteiger partial charge in [0.05, 0.1) is 5.92 Å². The van der Waals surface area contributed by atoms with Crippen molar-refractivity contribution in [1.29, 1.82) is 0 Å². The first kappa shape index (κ1) is 15.8. The minimum absolute atomic E-state index is 0.0138. The zero-order chi connectivity index (χ0) is 14.3. The zero-order valence-electron chi connectivity index (χ0n) is 12.0. The predicted octanol–water partition coefficient (Wildman–Crippen LogP) is 0.703. The van der Waals surface area contributed by atoms with Crippen molar-refractivity contribution >= 4 is 11.7 Å². The van der Waals surface area contributed by atoms with Gasteiger partial charge in [0.15, 0.2) is 5.84 Å². The van der Waals surface area contributed by atoms with Gasteiger partial charge in [-0.05, 0) is 32.4 Å². The van der Waals surface area contributed by atoms with Crippen LogP contribution in [0.3, 0.4) is 0 Å². The number of hydrogen-bond acceptors (Lipinski definition) is 4. The summed E-state index contributed by atoms with van der Waals surface area (Å²) in [5.41, 5.74) is 5.60. The van der Waals surface area contributed by atoms with Crippen molar-refractivity contribution in [1.82, 2.24) is 9.80 Å². The summed E-state index contributed by atoms with van der Waals surface area (Å²) in [6, 6.07) is 0. The molecule has 0 radical (unpaired) electrons. The molecule has 1 aliphatic heterocycles. The SMILES string of the molecule is CCCC(C(=O)N(C)CCN1CCCC1)C(N)=NO. The number of oxime groups is 1. The molecule has 110 valence electrons. The Kier molecular flexibility index (Phi) is 6.62. The van der Waals surface area contributed by atoms with Crippen molar-refractivity contribution in [2.75, 3.05) is 33.2 Å². The molecule has 1 fully saturated rings. The molecule has 0 aromatic rings. The van der Waals surface area contributed by atoms with Crippen molar-refractivity contribution in [2.45, 2.75) is 32.6 Å². The summed E-state index contributed by atoms with van der Waals surface area (Å²) in [4.78, 5) is 16.3. The molecule has 1 unspecified atom stereocenters. The van der Waals surface area contributed by atoms with Gasteiger partial charge in [0.25, 0.3) is 0 Å². The molecule has 0 aliphatic carbocycles. The quantitative estimate of drug-likeness (QED) is 0.309.